The van der Waals surface area contributed by atoms with Crippen molar-refractivity contribution >= 4 is 25.6 Å². The van der Waals surface area contributed by atoms with Gasteiger partial charge in [-0.15, -0.1) is 0 Å². The van der Waals surface area contributed by atoms with E-state index in [2.05, 4.69) is 13.0 Å². The van der Waals surface area contributed by atoms with Gasteiger partial charge in [-0.3, -0.25) is 0 Å². The van der Waals surface area contributed by atoms with Gasteiger partial charge in [0.25, 0.3) is 0 Å². The summed E-state index contributed by atoms with van der Waals surface area (Å²) in [6.07, 6.45) is 13.2. The minimum absolute atomic E-state index is 0.412. The van der Waals surface area contributed by atoms with E-state index in [0.29, 0.717) is 11.2 Å². The third kappa shape index (κ3) is 1.43. The predicted molar refractivity (Wildman–Crippen MR) is 90.5 cm³/mol. The number of ketones is 1. The Labute approximate surface area is 129 Å². The summed E-state index contributed by atoms with van der Waals surface area (Å²) in [7, 11) is 0. The molecule has 110 valence electrons. The average molecular weight is 384 g/mol. The molecule has 5 atom stereocenters. The summed E-state index contributed by atoms with van der Waals surface area (Å²) in [4.78, 5) is 11.8. The van der Waals surface area contributed by atoms with E-state index in [1.807, 2.05) is 0 Å². The quantitative estimate of drug-likeness (QED) is 0.443. The Balaban J connectivity index is 1.52. The maximum absolute atomic E-state index is 11.8. The first-order chi connectivity index (χ1) is 9.63. The van der Waals surface area contributed by atoms with Gasteiger partial charge in [-0.25, -0.2) is 0 Å². The van der Waals surface area contributed by atoms with E-state index in [9.17, 15) is 4.79 Å². The van der Waals surface area contributed by atoms with Crippen molar-refractivity contribution in [2.24, 2.45) is 16.7 Å². The fourth-order valence-corrected chi connectivity index (χ4v) is 17.4. The van der Waals surface area contributed by atoms with Crippen LogP contribution in [0.3, 0.4) is 0 Å². The van der Waals surface area contributed by atoms with Crippen molar-refractivity contribution in [2.75, 3.05) is 4.43 Å². The van der Waals surface area contributed by atoms with Crippen molar-refractivity contribution in [3.8, 4) is 0 Å². The van der Waals surface area contributed by atoms with E-state index in [1.54, 1.807) is 35.7 Å². The molecule has 2 aliphatic heterocycles. The minimum atomic E-state index is -0.807. The normalized spacial score (nSPS) is 54.5. The van der Waals surface area contributed by atoms with Crippen LogP contribution in [0.5, 0.6) is 0 Å². The van der Waals surface area contributed by atoms with Crippen LogP contribution in [0.1, 0.15) is 58.3 Å². The van der Waals surface area contributed by atoms with E-state index in [4.69, 9.17) is 0 Å². The van der Waals surface area contributed by atoms with Gasteiger partial charge < -0.3 is 0 Å². The van der Waals surface area contributed by atoms with Crippen molar-refractivity contribution in [1.29, 1.82) is 0 Å². The van der Waals surface area contributed by atoms with Gasteiger partial charge >= 0.3 is 129 Å². The number of alkyl halides is 3. The van der Waals surface area contributed by atoms with Crippen LogP contribution in [0.15, 0.2) is 11.6 Å². The molecule has 4 fully saturated rings. The molecule has 4 unspecified atom stereocenters. The number of carbonyl (C=O) groups excluding carboxylic acids is 1. The number of carbonyl (C=O) groups is 1. The standard InChI is InChI=1S/C18H25IO/c1-17-7-4-14(20)10-12(17)6-9-19-15(17)5-8-18-11-13(18)2-3-16(18)19/h10,13,15-16H,2-9,11H2,1H3/t13?,15?,16-,17?,18?/m1/s1. The van der Waals surface area contributed by atoms with Crippen molar-refractivity contribution in [1.82, 2.24) is 0 Å². The molecule has 5 aliphatic rings. The molecule has 0 amide bonds. The molecule has 5 rings (SSSR count). The van der Waals surface area contributed by atoms with Crippen LogP contribution in [-0.2, 0) is 4.79 Å². The zero-order chi connectivity index (χ0) is 13.5. The van der Waals surface area contributed by atoms with Gasteiger partial charge in [0, 0.05) is 0 Å². The van der Waals surface area contributed by atoms with Crippen molar-refractivity contribution in [3.05, 3.63) is 11.6 Å². The van der Waals surface area contributed by atoms with E-state index in [1.165, 1.54) is 23.2 Å². The van der Waals surface area contributed by atoms with Crippen LogP contribution in [0, 0.1) is 16.7 Å². The molecule has 2 heterocycles. The Bertz CT molecular complexity index is 524. The van der Waals surface area contributed by atoms with Crippen LogP contribution in [-0.4, -0.2) is 18.1 Å². The van der Waals surface area contributed by atoms with Crippen LogP contribution >= 0.6 is 19.8 Å². The van der Waals surface area contributed by atoms with E-state index in [-0.39, 0.29) is 0 Å². The molecule has 0 radical (unpaired) electrons. The van der Waals surface area contributed by atoms with Gasteiger partial charge in [-0.2, -0.15) is 0 Å². The van der Waals surface area contributed by atoms with Gasteiger partial charge in [-0.05, 0) is 0 Å². The molecule has 0 bridgehead atoms. The Morgan fingerprint density at radius 3 is 2.90 bits per heavy atom. The Kier molecular flexibility index (Phi) is 2.47. The Morgan fingerprint density at radius 2 is 2.05 bits per heavy atom. The molecule has 1 spiro atoms. The fraction of sp³-hybridized carbons (Fsp3) is 0.833. The molecule has 2 heteroatoms. The van der Waals surface area contributed by atoms with Gasteiger partial charge in [0.15, 0.2) is 0 Å². The summed E-state index contributed by atoms with van der Waals surface area (Å²) in [5, 5.41) is 0. The third-order valence-electron chi connectivity index (χ3n) is 7.44. The molecule has 2 saturated carbocycles. The van der Waals surface area contributed by atoms with Gasteiger partial charge in [-0.1, -0.05) is 0 Å². The summed E-state index contributed by atoms with van der Waals surface area (Å²) in [5.74, 6) is 1.57. The van der Waals surface area contributed by atoms with Crippen LogP contribution in [0.25, 0.3) is 0 Å². The van der Waals surface area contributed by atoms with E-state index in [0.717, 1.165) is 21.7 Å². The van der Waals surface area contributed by atoms with Gasteiger partial charge in [0.1, 0.15) is 0 Å². The van der Waals surface area contributed by atoms with Crippen LogP contribution in [0.2, 0.25) is 0 Å². The summed E-state index contributed by atoms with van der Waals surface area (Å²) in [5.41, 5.74) is 2.91. The SMILES string of the molecule is CC12CCC(=O)C=C1CCI1C2CCC23CC2CC[C@@H]13. The first-order valence-electron chi connectivity index (χ1n) is 8.50. The Hall–Kier alpha value is 0.140. The molecule has 0 aromatic carbocycles. The molecule has 3 aliphatic carbocycles. The molecule has 0 aromatic rings. The zero-order valence-electron chi connectivity index (χ0n) is 12.5. The van der Waals surface area contributed by atoms with Crippen LogP contribution in [0.4, 0.5) is 0 Å². The average Bonchev–Trinajstić information content (AvgIpc) is 3.01. The topological polar surface area (TPSA) is 17.1 Å². The number of halogens is 1. The molecular formula is C18H25IO. The van der Waals surface area contributed by atoms with Gasteiger partial charge in [0.2, 0.25) is 0 Å². The molecule has 2 saturated heterocycles. The molecule has 1 nitrogen and oxygen atoms in total. The fourth-order valence-electron chi connectivity index (χ4n) is 6.20. The predicted octanol–water partition coefficient (Wildman–Crippen LogP) is 4.52. The second-order valence-corrected chi connectivity index (χ2v) is 14.7. The first kappa shape index (κ1) is 12.7. The van der Waals surface area contributed by atoms with Crippen molar-refractivity contribution in [3.63, 3.8) is 0 Å². The number of allylic oxidation sites excluding steroid dienone is 2. The molecule has 0 aromatic heterocycles. The Morgan fingerprint density at radius 1 is 1.15 bits per heavy atom. The summed E-state index contributed by atoms with van der Waals surface area (Å²) in [6, 6.07) is 0. The number of fused-ring (bicyclic) bond motifs is 4. The third-order valence-corrected chi connectivity index (χ3v) is 17.0. The summed E-state index contributed by atoms with van der Waals surface area (Å²) < 4.78 is 3.81. The molecule has 20 heavy (non-hydrogen) atoms. The molecule has 0 N–H and O–H groups in total. The van der Waals surface area contributed by atoms with E-state index >= 15 is 0 Å². The van der Waals surface area contributed by atoms with E-state index < -0.39 is 19.8 Å². The number of hydrogen-bond donors (Lipinski definition) is 0. The summed E-state index contributed by atoms with van der Waals surface area (Å²) in [6.45, 7) is 2.54. The second-order valence-electron chi connectivity index (χ2n) is 8.11. The van der Waals surface area contributed by atoms with Crippen molar-refractivity contribution < 1.29 is 4.79 Å². The summed E-state index contributed by atoms with van der Waals surface area (Å²) >= 11 is -0.807. The first-order valence-corrected chi connectivity index (χ1v) is 12.5. The second kappa shape index (κ2) is 3.91. The monoisotopic (exact) mass is 384 g/mol. The van der Waals surface area contributed by atoms with Gasteiger partial charge in [0.05, 0.1) is 0 Å². The maximum atomic E-state index is 11.8. The molecular weight excluding hydrogens is 359 g/mol. The number of rotatable bonds is 0. The van der Waals surface area contributed by atoms with Crippen molar-refractivity contribution in [2.45, 2.75) is 66.1 Å². The van der Waals surface area contributed by atoms with Crippen LogP contribution < -0.4 is 0 Å². The number of hydrogen-bond acceptors (Lipinski definition) is 1. The zero-order valence-corrected chi connectivity index (χ0v) is 14.6.